The normalized spacial score (nSPS) is 12.8. The first kappa shape index (κ1) is 21.3. The number of carbonyl (C=O) groups is 3. The lowest BCUT2D eigenvalue weighted by Crippen LogP contribution is -2.50. The molecular weight excluding hydrogens is 380 g/mol. The Kier molecular flexibility index (Phi) is 7.44. The van der Waals surface area contributed by atoms with Crippen LogP contribution in [0.5, 0.6) is 0 Å². The third kappa shape index (κ3) is 6.02. The summed E-state index contributed by atoms with van der Waals surface area (Å²) < 4.78 is 0.890. The van der Waals surface area contributed by atoms with Crippen LogP contribution in [-0.4, -0.2) is 47.2 Å². The molecule has 6 N–H and O–H groups in total. The van der Waals surface area contributed by atoms with Crippen LogP contribution in [-0.2, 0) is 9.59 Å². The Balaban J connectivity index is 2.13. The fourth-order valence-corrected chi connectivity index (χ4v) is 3.55. The maximum absolute atomic E-state index is 13.0. The second-order valence-corrected chi connectivity index (χ2v) is 7.35. The van der Waals surface area contributed by atoms with Gasteiger partial charge >= 0.3 is 0 Å². The van der Waals surface area contributed by atoms with Gasteiger partial charge in [0.05, 0.1) is 16.3 Å². The van der Waals surface area contributed by atoms with Gasteiger partial charge in [-0.05, 0) is 31.9 Å². The molecule has 0 spiro atoms. The van der Waals surface area contributed by atoms with Gasteiger partial charge in [-0.25, -0.2) is 4.98 Å². The average Bonchev–Trinajstić information content (AvgIpc) is 3.06. The molecule has 1 heterocycles. The van der Waals surface area contributed by atoms with Gasteiger partial charge in [0.15, 0.2) is 11.0 Å². The molecule has 2 amide bonds. The Morgan fingerprint density at radius 3 is 2.61 bits per heavy atom. The van der Waals surface area contributed by atoms with E-state index >= 15 is 0 Å². The molecule has 150 valence electrons. The second-order valence-electron chi connectivity index (χ2n) is 6.32. The SMILES string of the molecule is CC(=O)NC(C)C(=O)NC(CCCNC(=N)N)C(=O)c1nc2ccccc2s1. The zero-order chi connectivity index (χ0) is 20.7. The molecule has 28 heavy (non-hydrogen) atoms. The lowest BCUT2D eigenvalue weighted by Gasteiger charge is -2.20. The van der Waals surface area contributed by atoms with Gasteiger partial charge in [-0.1, -0.05) is 12.1 Å². The number of nitrogens with two attached hydrogens (primary N) is 1. The predicted octanol–water partition coefficient (Wildman–Crippen LogP) is 0.752. The number of fused-ring (bicyclic) bond motifs is 1. The highest BCUT2D eigenvalue weighted by Gasteiger charge is 2.26. The Hall–Kier alpha value is -3.01. The van der Waals surface area contributed by atoms with Crippen molar-refractivity contribution in [3.05, 3.63) is 29.3 Å². The lowest BCUT2D eigenvalue weighted by molar-refractivity contribution is -0.127. The molecule has 0 saturated heterocycles. The molecule has 1 aromatic carbocycles. The maximum atomic E-state index is 13.0. The molecule has 2 atom stereocenters. The van der Waals surface area contributed by atoms with Crippen LogP contribution in [0.3, 0.4) is 0 Å². The number of nitrogens with zero attached hydrogens (tertiary/aromatic N) is 1. The van der Waals surface area contributed by atoms with Crippen LogP contribution in [0, 0.1) is 5.41 Å². The van der Waals surface area contributed by atoms with E-state index in [2.05, 4.69) is 20.9 Å². The van der Waals surface area contributed by atoms with Gasteiger partial charge in [0.1, 0.15) is 6.04 Å². The number of rotatable bonds is 9. The molecule has 2 aromatic rings. The van der Waals surface area contributed by atoms with E-state index < -0.39 is 18.0 Å². The molecule has 0 radical (unpaired) electrons. The highest BCUT2D eigenvalue weighted by molar-refractivity contribution is 7.20. The zero-order valence-corrected chi connectivity index (χ0v) is 16.6. The molecule has 0 saturated carbocycles. The molecule has 0 aliphatic carbocycles. The molecule has 2 rings (SSSR count). The molecule has 9 nitrogen and oxygen atoms in total. The van der Waals surface area contributed by atoms with Gasteiger partial charge in [-0.15, -0.1) is 11.3 Å². The van der Waals surface area contributed by atoms with Gasteiger partial charge in [0.25, 0.3) is 0 Å². The van der Waals surface area contributed by atoms with Crippen LogP contribution in [0.4, 0.5) is 0 Å². The first-order chi connectivity index (χ1) is 13.3. The van der Waals surface area contributed by atoms with E-state index in [9.17, 15) is 14.4 Å². The van der Waals surface area contributed by atoms with Gasteiger partial charge in [-0.2, -0.15) is 0 Å². The van der Waals surface area contributed by atoms with Gasteiger partial charge in [0.2, 0.25) is 17.6 Å². The van der Waals surface area contributed by atoms with Crippen molar-refractivity contribution >= 4 is 45.1 Å². The monoisotopic (exact) mass is 404 g/mol. The quantitative estimate of drug-likeness (QED) is 0.180. The summed E-state index contributed by atoms with van der Waals surface area (Å²) in [5.74, 6) is -1.22. The minimum atomic E-state index is -0.793. The smallest absolute Gasteiger partial charge is 0.242 e. The molecule has 0 aliphatic heterocycles. The van der Waals surface area contributed by atoms with Crippen LogP contribution >= 0.6 is 11.3 Å². The largest absolute Gasteiger partial charge is 0.370 e. The molecule has 10 heteroatoms. The van der Waals surface area contributed by atoms with Crippen LogP contribution in [0.25, 0.3) is 10.2 Å². The summed E-state index contributed by atoms with van der Waals surface area (Å²) in [6.07, 6.45) is 0.850. The van der Waals surface area contributed by atoms with E-state index in [0.717, 1.165) is 10.2 Å². The van der Waals surface area contributed by atoms with Crippen molar-refractivity contribution in [3.8, 4) is 0 Å². The third-order valence-electron chi connectivity index (χ3n) is 3.94. The van der Waals surface area contributed by atoms with E-state index in [4.69, 9.17) is 11.1 Å². The van der Waals surface area contributed by atoms with E-state index in [-0.39, 0.29) is 17.6 Å². The number of benzene rings is 1. The number of amides is 2. The summed E-state index contributed by atoms with van der Waals surface area (Å²) in [6, 6.07) is 5.87. The van der Waals surface area contributed by atoms with Crippen molar-refractivity contribution in [1.29, 1.82) is 5.41 Å². The minimum absolute atomic E-state index is 0.155. The number of aromatic nitrogens is 1. The van der Waals surface area contributed by atoms with Crippen LogP contribution < -0.4 is 21.7 Å². The molecule has 0 aliphatic rings. The zero-order valence-electron chi connectivity index (χ0n) is 15.7. The first-order valence-corrected chi connectivity index (χ1v) is 9.64. The van der Waals surface area contributed by atoms with Gasteiger partial charge in [0, 0.05) is 13.5 Å². The third-order valence-corrected chi connectivity index (χ3v) is 4.99. The lowest BCUT2D eigenvalue weighted by atomic mass is 10.1. The molecular formula is C18H24N6O3S. The van der Waals surface area contributed by atoms with E-state index in [1.807, 2.05) is 24.3 Å². The number of guanidine groups is 1. The standard InChI is InChI=1S/C18H24N6O3S/c1-10(22-11(2)25)16(27)23-13(7-5-9-21-18(19)20)15(26)17-24-12-6-3-4-8-14(12)28-17/h3-4,6,8,10,13H,5,7,9H2,1-2H3,(H,22,25)(H,23,27)(H4,19,20,21). The topological polar surface area (TPSA) is 150 Å². The minimum Gasteiger partial charge on any atom is -0.370 e. The number of ketones is 1. The van der Waals surface area contributed by atoms with Crippen LogP contribution in [0.15, 0.2) is 24.3 Å². The number of hydrogen-bond acceptors (Lipinski definition) is 6. The van der Waals surface area contributed by atoms with Crippen molar-refractivity contribution in [3.63, 3.8) is 0 Å². The van der Waals surface area contributed by atoms with Crippen LogP contribution in [0.1, 0.15) is 36.5 Å². The fraction of sp³-hybridized carbons (Fsp3) is 0.389. The van der Waals surface area contributed by atoms with Gasteiger partial charge < -0.3 is 21.7 Å². The summed E-state index contributed by atoms with van der Waals surface area (Å²) in [5, 5.41) is 15.4. The average molecular weight is 404 g/mol. The molecule has 0 bridgehead atoms. The fourth-order valence-electron chi connectivity index (χ4n) is 2.59. The Labute approximate surface area is 166 Å². The van der Waals surface area contributed by atoms with Crippen molar-refractivity contribution in [1.82, 2.24) is 20.9 Å². The number of hydrogen-bond donors (Lipinski definition) is 5. The summed E-state index contributed by atoms with van der Waals surface area (Å²) in [7, 11) is 0. The van der Waals surface area contributed by atoms with Crippen molar-refractivity contribution in [2.24, 2.45) is 5.73 Å². The number of nitrogens with one attached hydrogen (secondary N) is 4. The number of para-hydroxylation sites is 1. The first-order valence-electron chi connectivity index (χ1n) is 8.83. The Morgan fingerprint density at radius 1 is 1.25 bits per heavy atom. The highest BCUT2D eigenvalue weighted by atomic mass is 32.1. The number of Topliss-reactive ketones (excluding diaryl/α,β-unsaturated/α-hetero) is 1. The summed E-state index contributed by atoms with van der Waals surface area (Å²) in [5.41, 5.74) is 5.98. The van der Waals surface area contributed by atoms with Crippen molar-refractivity contribution in [2.45, 2.75) is 38.8 Å². The van der Waals surface area contributed by atoms with Crippen molar-refractivity contribution < 1.29 is 14.4 Å². The Bertz CT molecular complexity index is 848. The van der Waals surface area contributed by atoms with E-state index in [1.54, 1.807) is 6.92 Å². The number of thiazole rings is 1. The Morgan fingerprint density at radius 2 is 1.96 bits per heavy atom. The summed E-state index contributed by atoms with van der Waals surface area (Å²) in [6.45, 7) is 3.27. The van der Waals surface area contributed by atoms with Crippen LogP contribution in [0.2, 0.25) is 0 Å². The number of carbonyl (C=O) groups excluding carboxylic acids is 3. The summed E-state index contributed by atoms with van der Waals surface area (Å²) in [4.78, 5) is 40.9. The van der Waals surface area contributed by atoms with E-state index in [1.165, 1.54) is 18.3 Å². The molecule has 0 fully saturated rings. The second kappa shape index (κ2) is 9.79. The summed E-state index contributed by atoms with van der Waals surface area (Å²) >= 11 is 1.27. The van der Waals surface area contributed by atoms with Gasteiger partial charge in [-0.3, -0.25) is 19.8 Å². The van der Waals surface area contributed by atoms with Crippen molar-refractivity contribution in [2.75, 3.05) is 6.54 Å². The predicted molar refractivity (Wildman–Crippen MR) is 108 cm³/mol. The molecule has 1 aromatic heterocycles. The van der Waals surface area contributed by atoms with E-state index in [0.29, 0.717) is 24.4 Å². The molecule has 2 unspecified atom stereocenters. The maximum Gasteiger partial charge on any atom is 0.242 e. The highest BCUT2D eigenvalue weighted by Crippen LogP contribution is 2.23.